The Kier molecular flexibility index (Phi) is 7.46. The highest BCUT2D eigenvalue weighted by molar-refractivity contribution is 6.74. The van der Waals surface area contributed by atoms with Gasteiger partial charge in [-0.3, -0.25) is 9.59 Å². The highest BCUT2D eigenvalue weighted by Gasteiger charge is 2.39. The topological polar surface area (TPSA) is 52.6 Å². The Morgan fingerprint density at radius 1 is 1.09 bits per heavy atom. The minimum Gasteiger partial charge on any atom is -0.463 e. The molecule has 0 N–H and O–H groups in total. The lowest BCUT2D eigenvalue weighted by atomic mass is 10.0. The van der Waals surface area contributed by atoms with Crippen molar-refractivity contribution in [1.29, 1.82) is 0 Å². The number of carbonyl (C=O) groups is 2. The second kappa shape index (κ2) is 8.43. The Balaban J connectivity index is 2.75. The van der Waals surface area contributed by atoms with Gasteiger partial charge in [0.2, 0.25) is 0 Å². The molecule has 0 saturated carbocycles. The van der Waals surface area contributed by atoms with Crippen LogP contribution in [0.3, 0.4) is 0 Å². The molecule has 0 amide bonds. The maximum absolute atomic E-state index is 11.8. The van der Waals surface area contributed by atoms with Gasteiger partial charge in [0.25, 0.3) is 0 Å². The highest BCUT2D eigenvalue weighted by atomic mass is 28.4. The number of rotatable bonds is 2. The number of Topliss-reactive ketones (excluding diaryl/α,β-unsaturated/α-hetero) is 1. The lowest BCUT2D eigenvalue weighted by Crippen LogP contribution is -2.44. The molecule has 1 aliphatic rings. The summed E-state index contributed by atoms with van der Waals surface area (Å²) < 4.78 is 12.0. The largest absolute Gasteiger partial charge is 0.463 e. The number of carbonyl (C=O) groups excluding carboxylic acids is 2. The van der Waals surface area contributed by atoms with Gasteiger partial charge in [0.1, 0.15) is 11.9 Å². The van der Waals surface area contributed by atoms with E-state index in [0.717, 1.165) is 25.7 Å². The number of ether oxygens (including phenoxy) is 1. The lowest BCUT2D eigenvalue weighted by molar-refractivity contribution is -0.150. The predicted molar refractivity (Wildman–Crippen MR) is 95.0 cm³/mol. The van der Waals surface area contributed by atoms with E-state index in [1.807, 2.05) is 6.92 Å². The fourth-order valence-corrected chi connectivity index (χ4v) is 3.98. The number of hydrogen-bond acceptors (Lipinski definition) is 4. The quantitative estimate of drug-likeness (QED) is 0.542. The van der Waals surface area contributed by atoms with Crippen molar-refractivity contribution in [3.8, 4) is 0 Å². The van der Waals surface area contributed by atoms with Crippen LogP contribution in [-0.4, -0.2) is 32.3 Å². The van der Waals surface area contributed by atoms with E-state index in [0.29, 0.717) is 12.8 Å². The van der Waals surface area contributed by atoms with Gasteiger partial charge >= 0.3 is 5.97 Å². The Hall–Kier alpha value is -0.683. The van der Waals surface area contributed by atoms with E-state index in [1.165, 1.54) is 0 Å². The molecule has 0 spiro atoms. The van der Waals surface area contributed by atoms with E-state index in [2.05, 4.69) is 33.9 Å². The smallest absolute Gasteiger partial charge is 0.306 e. The molecule has 0 radical (unpaired) electrons. The molecule has 4 nitrogen and oxygen atoms in total. The van der Waals surface area contributed by atoms with Crippen LogP contribution in [0.4, 0.5) is 0 Å². The lowest BCUT2D eigenvalue weighted by Gasteiger charge is -2.40. The number of esters is 1. The van der Waals surface area contributed by atoms with E-state index in [4.69, 9.17) is 9.16 Å². The molecule has 1 heterocycles. The van der Waals surface area contributed by atoms with E-state index in [-0.39, 0.29) is 35.4 Å². The van der Waals surface area contributed by atoms with Gasteiger partial charge in [-0.2, -0.15) is 0 Å². The average molecular weight is 343 g/mol. The van der Waals surface area contributed by atoms with Crippen molar-refractivity contribution in [1.82, 2.24) is 0 Å². The van der Waals surface area contributed by atoms with Crippen LogP contribution in [0.15, 0.2) is 0 Å². The average Bonchev–Trinajstić information content (AvgIpc) is 2.38. The molecule has 1 aliphatic heterocycles. The van der Waals surface area contributed by atoms with Gasteiger partial charge in [-0.25, -0.2) is 0 Å². The fourth-order valence-electron chi connectivity index (χ4n) is 2.58. The van der Waals surface area contributed by atoms with E-state index in [1.54, 1.807) is 0 Å². The molecular weight excluding hydrogens is 308 g/mol. The maximum atomic E-state index is 11.8. The van der Waals surface area contributed by atoms with E-state index >= 15 is 0 Å². The van der Waals surface area contributed by atoms with E-state index in [9.17, 15) is 9.59 Å². The minimum atomic E-state index is -1.85. The first-order valence-corrected chi connectivity index (χ1v) is 11.8. The molecule has 0 aromatic rings. The molecule has 0 aromatic carbocycles. The Bertz CT molecular complexity index is 412. The zero-order valence-electron chi connectivity index (χ0n) is 15.7. The summed E-state index contributed by atoms with van der Waals surface area (Å²) in [6, 6.07) is 0. The van der Waals surface area contributed by atoms with Crippen molar-refractivity contribution in [3.63, 3.8) is 0 Å². The van der Waals surface area contributed by atoms with Crippen LogP contribution in [0.1, 0.15) is 72.6 Å². The van der Waals surface area contributed by atoms with Crippen LogP contribution < -0.4 is 0 Å². The van der Waals surface area contributed by atoms with Crippen molar-refractivity contribution >= 4 is 20.1 Å². The normalized spacial score (nSPS) is 26.2. The highest BCUT2D eigenvalue weighted by Crippen LogP contribution is 2.38. The summed E-state index contributed by atoms with van der Waals surface area (Å²) in [7, 11) is -1.85. The summed E-state index contributed by atoms with van der Waals surface area (Å²) in [5, 5.41) is 0.159. The fraction of sp³-hybridized carbons (Fsp3) is 0.889. The van der Waals surface area contributed by atoms with Crippen LogP contribution in [0.5, 0.6) is 0 Å². The predicted octanol–water partition coefficient (Wildman–Crippen LogP) is 4.62. The molecule has 0 bridgehead atoms. The van der Waals surface area contributed by atoms with Crippen LogP contribution in [0.25, 0.3) is 0 Å². The van der Waals surface area contributed by atoms with Gasteiger partial charge in [0.05, 0.1) is 6.42 Å². The van der Waals surface area contributed by atoms with Gasteiger partial charge in [-0.15, -0.1) is 0 Å². The molecule has 0 aromatic heterocycles. The third-order valence-electron chi connectivity index (χ3n) is 5.03. The minimum absolute atomic E-state index is 0.105. The third kappa shape index (κ3) is 7.17. The molecule has 5 heteroatoms. The molecule has 23 heavy (non-hydrogen) atoms. The van der Waals surface area contributed by atoms with Gasteiger partial charge < -0.3 is 9.16 Å². The third-order valence-corrected chi connectivity index (χ3v) is 9.57. The van der Waals surface area contributed by atoms with E-state index < -0.39 is 8.32 Å². The first-order valence-electron chi connectivity index (χ1n) is 8.90. The SMILES string of the molecule is C[C@H]1C[C@@H](O[Si](C)(C)C(C)(C)C)CCCCC(=O)CCC(=O)O1. The van der Waals surface area contributed by atoms with Crippen molar-refractivity contribution in [2.75, 3.05) is 0 Å². The van der Waals surface area contributed by atoms with Gasteiger partial charge in [0, 0.05) is 25.4 Å². The van der Waals surface area contributed by atoms with Crippen LogP contribution in [0, 0.1) is 0 Å². The zero-order valence-corrected chi connectivity index (χ0v) is 16.7. The second-order valence-electron chi connectivity index (χ2n) is 8.32. The second-order valence-corrected chi connectivity index (χ2v) is 13.1. The Labute approximate surface area is 142 Å². The van der Waals surface area contributed by atoms with Gasteiger partial charge in [-0.05, 0) is 37.9 Å². The van der Waals surface area contributed by atoms with Crippen LogP contribution >= 0.6 is 0 Å². The van der Waals surface area contributed by atoms with Crippen LogP contribution in [-0.2, 0) is 18.8 Å². The molecule has 2 atom stereocenters. The van der Waals surface area contributed by atoms with Crippen molar-refractivity contribution in [3.05, 3.63) is 0 Å². The standard InChI is InChI=1S/C18H34O4Si/c1-14-13-16(22-23(5,6)18(2,3)4)10-8-7-9-15(19)11-12-17(20)21-14/h14,16H,7-13H2,1-6H3/t14-,16-/m0/s1. The maximum Gasteiger partial charge on any atom is 0.306 e. The summed E-state index contributed by atoms with van der Waals surface area (Å²) in [4.78, 5) is 23.5. The number of hydrogen-bond donors (Lipinski definition) is 0. The Morgan fingerprint density at radius 3 is 2.35 bits per heavy atom. The molecular formula is C18H34O4Si. The van der Waals surface area contributed by atoms with Gasteiger partial charge in [0.15, 0.2) is 8.32 Å². The summed E-state index contributed by atoms with van der Waals surface area (Å²) in [6.07, 6.45) is 4.58. The molecule has 1 rings (SSSR count). The zero-order chi connectivity index (χ0) is 17.7. The molecule has 0 unspecified atom stereocenters. The number of cyclic esters (lactones) is 1. The van der Waals surface area contributed by atoms with Crippen LogP contribution in [0.2, 0.25) is 18.1 Å². The summed E-state index contributed by atoms with van der Waals surface area (Å²) in [5.74, 6) is -0.102. The van der Waals surface area contributed by atoms with Crippen molar-refractivity contribution < 1.29 is 18.8 Å². The summed E-state index contributed by atoms with van der Waals surface area (Å²) in [6.45, 7) is 13.1. The molecule has 1 fully saturated rings. The molecule has 1 saturated heterocycles. The van der Waals surface area contributed by atoms with Gasteiger partial charge in [-0.1, -0.05) is 27.2 Å². The first-order chi connectivity index (χ1) is 10.5. The van der Waals surface area contributed by atoms with Crippen molar-refractivity contribution in [2.24, 2.45) is 0 Å². The molecule has 0 aliphatic carbocycles. The molecule has 134 valence electrons. The summed E-state index contributed by atoms with van der Waals surface area (Å²) >= 11 is 0. The number of ketones is 1. The first kappa shape index (κ1) is 20.4. The van der Waals surface area contributed by atoms with Crippen molar-refractivity contribution in [2.45, 2.75) is 103 Å². The summed E-state index contributed by atoms with van der Waals surface area (Å²) in [5.41, 5.74) is 0. The Morgan fingerprint density at radius 2 is 1.74 bits per heavy atom. The monoisotopic (exact) mass is 342 g/mol.